The van der Waals surface area contributed by atoms with Gasteiger partial charge in [-0.2, -0.15) is 0 Å². The minimum Gasteiger partial charge on any atom is -0.309 e. The standard InChI is InChI=1S/C47H30N4/c1-2-12-37-34(10-1)28-42(39-14-4-3-13-38(37)39)47-49-43(32-21-19-31(20-22-32)35-11-9-27-48-30-35)29-44(50-47)33-23-25-36(26-24-33)51-45-17-7-5-15-40(45)41-16-6-8-18-46(41)51/h1-30H. The fourth-order valence-electron chi connectivity index (χ4n) is 7.45. The Balaban J connectivity index is 1.14. The molecule has 7 aromatic carbocycles. The van der Waals surface area contributed by atoms with E-state index >= 15 is 0 Å². The van der Waals surface area contributed by atoms with Crippen LogP contribution in [-0.2, 0) is 0 Å². The van der Waals surface area contributed by atoms with Crippen LogP contribution in [0.4, 0.5) is 0 Å². The molecule has 0 bridgehead atoms. The van der Waals surface area contributed by atoms with Gasteiger partial charge in [0, 0.05) is 45.5 Å². The van der Waals surface area contributed by atoms with E-state index in [1.807, 2.05) is 12.3 Å². The molecular weight excluding hydrogens is 621 g/mol. The van der Waals surface area contributed by atoms with Crippen molar-refractivity contribution in [3.05, 3.63) is 182 Å². The average Bonchev–Trinajstić information content (AvgIpc) is 3.55. The van der Waals surface area contributed by atoms with Crippen molar-refractivity contribution in [2.24, 2.45) is 0 Å². The van der Waals surface area contributed by atoms with Crippen LogP contribution in [0.25, 0.3) is 94.1 Å². The summed E-state index contributed by atoms with van der Waals surface area (Å²) < 4.78 is 2.34. The summed E-state index contributed by atoms with van der Waals surface area (Å²) in [6, 6.07) is 60.0. The number of rotatable bonds is 5. The molecule has 0 radical (unpaired) electrons. The molecule has 0 N–H and O–H groups in total. The minimum atomic E-state index is 0.701. The van der Waals surface area contributed by atoms with Crippen molar-refractivity contribution in [3.8, 4) is 50.7 Å². The molecule has 51 heavy (non-hydrogen) atoms. The summed E-state index contributed by atoms with van der Waals surface area (Å²) >= 11 is 0. The second-order valence-corrected chi connectivity index (χ2v) is 12.9. The van der Waals surface area contributed by atoms with Gasteiger partial charge in [-0.3, -0.25) is 4.98 Å². The van der Waals surface area contributed by atoms with Crippen molar-refractivity contribution >= 4 is 43.4 Å². The van der Waals surface area contributed by atoms with Gasteiger partial charge in [-0.15, -0.1) is 0 Å². The third-order valence-corrected chi connectivity index (χ3v) is 9.91. The van der Waals surface area contributed by atoms with E-state index in [0.717, 1.165) is 55.7 Å². The van der Waals surface area contributed by atoms with Crippen LogP contribution in [0, 0.1) is 0 Å². The summed E-state index contributed by atoms with van der Waals surface area (Å²) in [6.07, 6.45) is 3.69. The van der Waals surface area contributed by atoms with Crippen molar-refractivity contribution < 1.29 is 0 Å². The van der Waals surface area contributed by atoms with Gasteiger partial charge in [-0.05, 0) is 75.1 Å². The monoisotopic (exact) mass is 650 g/mol. The highest BCUT2D eigenvalue weighted by atomic mass is 15.0. The molecule has 0 aliphatic heterocycles. The SMILES string of the molecule is c1cncc(-c2ccc(-c3cc(-c4ccc(-n5c6ccccc6c6ccccc65)cc4)nc(-c4cc5ccccc5c5ccccc45)n3)cc2)c1. The maximum absolute atomic E-state index is 5.29. The van der Waals surface area contributed by atoms with Crippen molar-refractivity contribution in [1.82, 2.24) is 19.5 Å². The first-order valence-corrected chi connectivity index (χ1v) is 17.2. The molecule has 10 rings (SSSR count). The minimum absolute atomic E-state index is 0.701. The Morgan fingerprint density at radius 3 is 1.59 bits per heavy atom. The zero-order chi connectivity index (χ0) is 33.7. The van der Waals surface area contributed by atoms with E-state index in [9.17, 15) is 0 Å². The molecule has 4 heteroatoms. The molecule has 0 amide bonds. The van der Waals surface area contributed by atoms with Crippen molar-refractivity contribution in [3.63, 3.8) is 0 Å². The Hall–Kier alpha value is -6.91. The Morgan fingerprint density at radius 1 is 0.392 bits per heavy atom. The van der Waals surface area contributed by atoms with E-state index in [1.165, 1.54) is 32.6 Å². The molecule has 10 aromatic rings. The van der Waals surface area contributed by atoms with Crippen molar-refractivity contribution in [2.75, 3.05) is 0 Å². The summed E-state index contributed by atoms with van der Waals surface area (Å²) in [5, 5.41) is 7.21. The lowest BCUT2D eigenvalue weighted by atomic mass is 9.96. The van der Waals surface area contributed by atoms with Crippen LogP contribution >= 0.6 is 0 Å². The second kappa shape index (κ2) is 11.9. The zero-order valence-electron chi connectivity index (χ0n) is 27.6. The number of hydrogen-bond acceptors (Lipinski definition) is 3. The molecule has 0 spiro atoms. The van der Waals surface area contributed by atoms with Gasteiger partial charge < -0.3 is 4.57 Å². The predicted octanol–water partition coefficient (Wildman–Crippen LogP) is 11.9. The van der Waals surface area contributed by atoms with E-state index in [0.29, 0.717) is 5.82 Å². The smallest absolute Gasteiger partial charge is 0.161 e. The molecule has 0 saturated carbocycles. The molecule has 0 unspecified atom stereocenters. The van der Waals surface area contributed by atoms with E-state index in [4.69, 9.17) is 9.97 Å². The largest absolute Gasteiger partial charge is 0.309 e. The lowest BCUT2D eigenvalue weighted by molar-refractivity contribution is 1.17. The molecule has 0 aliphatic rings. The molecule has 238 valence electrons. The fourth-order valence-corrected chi connectivity index (χ4v) is 7.45. The van der Waals surface area contributed by atoms with E-state index in [1.54, 1.807) is 6.20 Å². The Bertz CT molecular complexity index is 2840. The highest BCUT2D eigenvalue weighted by Crippen LogP contribution is 2.37. The molecule has 0 saturated heterocycles. The molecule has 3 aromatic heterocycles. The number of fused-ring (bicyclic) bond motifs is 6. The molecule has 0 fully saturated rings. The number of pyridine rings is 1. The zero-order valence-corrected chi connectivity index (χ0v) is 27.6. The topological polar surface area (TPSA) is 43.6 Å². The van der Waals surface area contributed by atoms with Crippen LogP contribution in [0.2, 0.25) is 0 Å². The Labute approximate surface area is 295 Å². The Morgan fingerprint density at radius 2 is 0.941 bits per heavy atom. The molecule has 0 atom stereocenters. The Kier molecular flexibility index (Phi) is 6.78. The first kappa shape index (κ1) is 29.0. The van der Waals surface area contributed by atoms with Crippen LogP contribution in [0.3, 0.4) is 0 Å². The first-order valence-electron chi connectivity index (χ1n) is 17.2. The highest BCUT2D eigenvalue weighted by Gasteiger charge is 2.16. The lowest BCUT2D eigenvalue weighted by Crippen LogP contribution is -1.98. The third-order valence-electron chi connectivity index (χ3n) is 9.91. The van der Waals surface area contributed by atoms with E-state index in [-0.39, 0.29) is 0 Å². The normalized spacial score (nSPS) is 11.5. The van der Waals surface area contributed by atoms with E-state index < -0.39 is 0 Å². The quantitative estimate of drug-likeness (QED) is 0.174. The molecule has 4 nitrogen and oxygen atoms in total. The number of hydrogen-bond donors (Lipinski definition) is 0. The van der Waals surface area contributed by atoms with Gasteiger partial charge >= 0.3 is 0 Å². The van der Waals surface area contributed by atoms with Crippen LogP contribution < -0.4 is 0 Å². The van der Waals surface area contributed by atoms with Gasteiger partial charge in [-0.1, -0.05) is 127 Å². The van der Waals surface area contributed by atoms with Gasteiger partial charge in [0.05, 0.1) is 22.4 Å². The number of para-hydroxylation sites is 2. The number of benzene rings is 7. The highest BCUT2D eigenvalue weighted by molar-refractivity contribution is 6.13. The molecular formula is C47H30N4. The number of aromatic nitrogens is 4. The van der Waals surface area contributed by atoms with Crippen LogP contribution in [-0.4, -0.2) is 19.5 Å². The maximum atomic E-state index is 5.29. The lowest BCUT2D eigenvalue weighted by Gasteiger charge is -2.14. The average molecular weight is 651 g/mol. The van der Waals surface area contributed by atoms with Gasteiger partial charge in [0.2, 0.25) is 0 Å². The van der Waals surface area contributed by atoms with Crippen LogP contribution in [0.15, 0.2) is 182 Å². The summed E-state index contributed by atoms with van der Waals surface area (Å²) in [4.78, 5) is 14.9. The van der Waals surface area contributed by atoms with Gasteiger partial charge in [0.25, 0.3) is 0 Å². The number of nitrogens with zero attached hydrogens (tertiary/aromatic N) is 4. The first-order chi connectivity index (χ1) is 25.3. The predicted molar refractivity (Wildman–Crippen MR) is 211 cm³/mol. The van der Waals surface area contributed by atoms with E-state index in [2.05, 4.69) is 173 Å². The van der Waals surface area contributed by atoms with Crippen molar-refractivity contribution in [2.45, 2.75) is 0 Å². The van der Waals surface area contributed by atoms with Gasteiger partial charge in [0.1, 0.15) is 0 Å². The second-order valence-electron chi connectivity index (χ2n) is 12.9. The molecule has 0 aliphatic carbocycles. The summed E-state index contributed by atoms with van der Waals surface area (Å²) in [5.41, 5.74) is 10.5. The summed E-state index contributed by atoms with van der Waals surface area (Å²) in [7, 11) is 0. The van der Waals surface area contributed by atoms with Crippen molar-refractivity contribution in [1.29, 1.82) is 0 Å². The third kappa shape index (κ3) is 4.96. The van der Waals surface area contributed by atoms with Crippen LogP contribution in [0.1, 0.15) is 0 Å². The summed E-state index contributed by atoms with van der Waals surface area (Å²) in [5.74, 6) is 0.701. The summed E-state index contributed by atoms with van der Waals surface area (Å²) in [6.45, 7) is 0. The van der Waals surface area contributed by atoms with Gasteiger partial charge in [0.15, 0.2) is 5.82 Å². The van der Waals surface area contributed by atoms with Gasteiger partial charge in [-0.25, -0.2) is 9.97 Å². The maximum Gasteiger partial charge on any atom is 0.161 e. The fraction of sp³-hybridized carbons (Fsp3) is 0. The molecule has 3 heterocycles. The van der Waals surface area contributed by atoms with Crippen LogP contribution in [0.5, 0.6) is 0 Å².